The van der Waals surface area contributed by atoms with Gasteiger partial charge in [0.1, 0.15) is 11.5 Å². The van der Waals surface area contributed by atoms with Gasteiger partial charge in [-0.3, -0.25) is 5.01 Å². The number of nitrogens with two attached hydrogens (primary N) is 1. The Hall–Kier alpha value is -1.28. The fraction of sp³-hybridized carbons (Fsp3) is 0.364. The van der Waals surface area contributed by atoms with E-state index in [4.69, 9.17) is 44.2 Å². The highest BCUT2D eigenvalue weighted by atomic mass is 35.5. The van der Waals surface area contributed by atoms with Gasteiger partial charge in [-0.25, -0.2) is 5.84 Å². The number of methoxy groups -OCH3 is 2. The zero-order valence-corrected chi connectivity index (χ0v) is 12.2. The van der Waals surface area contributed by atoms with Gasteiger partial charge >= 0.3 is 0 Å². The van der Waals surface area contributed by atoms with Crippen LogP contribution in [0.5, 0.6) is 11.5 Å². The lowest BCUT2D eigenvalue weighted by molar-refractivity contribution is 0.253. The lowest BCUT2D eigenvalue weighted by Crippen LogP contribution is -2.42. The molecule has 1 aromatic carbocycles. The fourth-order valence-corrected chi connectivity index (χ4v) is 1.79. The minimum Gasteiger partial charge on any atom is -0.495 e. The Labute approximate surface area is 122 Å². The molecule has 0 aliphatic rings. The maximum Gasteiger partial charge on any atom is 0.187 e. The van der Waals surface area contributed by atoms with Crippen LogP contribution in [0.1, 0.15) is 0 Å². The standard InChI is InChI=1S/C11H16ClN3O3S/c1-17-9-6-8(10(18-2)5-7(9)12)14-11(19)15(13)3-4-16/h5-6,16H,3-4,13H2,1-2H3,(H,14,19). The third-order valence-corrected chi connectivity index (χ3v) is 2.95. The van der Waals surface area contributed by atoms with Gasteiger partial charge in [-0.1, -0.05) is 11.6 Å². The number of anilines is 1. The van der Waals surface area contributed by atoms with E-state index < -0.39 is 0 Å². The molecule has 0 heterocycles. The fourth-order valence-electron chi connectivity index (χ4n) is 1.35. The number of nitrogens with zero attached hydrogens (tertiary/aromatic N) is 1. The lowest BCUT2D eigenvalue weighted by Gasteiger charge is -2.21. The summed E-state index contributed by atoms with van der Waals surface area (Å²) in [4.78, 5) is 0. The van der Waals surface area contributed by atoms with Crippen molar-refractivity contribution in [3.05, 3.63) is 17.2 Å². The Morgan fingerprint density at radius 1 is 1.42 bits per heavy atom. The number of hydrogen-bond donors (Lipinski definition) is 3. The summed E-state index contributed by atoms with van der Waals surface area (Å²) in [5.41, 5.74) is 0.571. The minimum atomic E-state index is -0.0978. The molecule has 8 heteroatoms. The number of halogens is 1. The normalized spacial score (nSPS) is 9.95. The van der Waals surface area contributed by atoms with Crippen molar-refractivity contribution < 1.29 is 14.6 Å². The molecule has 0 aliphatic heterocycles. The number of thiocarbonyl (C=S) groups is 1. The maximum absolute atomic E-state index is 8.80. The van der Waals surface area contributed by atoms with Gasteiger partial charge in [0, 0.05) is 12.1 Å². The SMILES string of the molecule is COc1cc(NC(=S)N(N)CCO)c(OC)cc1Cl. The third kappa shape index (κ3) is 4.10. The summed E-state index contributed by atoms with van der Waals surface area (Å²) in [6.45, 7) is 0.123. The van der Waals surface area contributed by atoms with Crippen LogP contribution in [0.3, 0.4) is 0 Å². The Bertz CT molecular complexity index is 459. The van der Waals surface area contributed by atoms with Gasteiger partial charge in [0.25, 0.3) is 0 Å². The number of aliphatic hydroxyl groups is 1. The highest BCUT2D eigenvalue weighted by Crippen LogP contribution is 2.35. The van der Waals surface area contributed by atoms with Crippen LogP contribution in [0.25, 0.3) is 0 Å². The molecule has 0 saturated heterocycles. The Balaban J connectivity index is 2.96. The van der Waals surface area contributed by atoms with Crippen LogP contribution in [0.15, 0.2) is 12.1 Å². The molecule has 0 aliphatic carbocycles. The van der Waals surface area contributed by atoms with E-state index in [1.165, 1.54) is 19.2 Å². The first kappa shape index (κ1) is 15.8. The van der Waals surface area contributed by atoms with E-state index in [9.17, 15) is 0 Å². The van der Waals surface area contributed by atoms with Gasteiger partial charge in [-0.2, -0.15) is 0 Å². The first-order valence-electron chi connectivity index (χ1n) is 5.39. The number of hydrogen-bond acceptors (Lipinski definition) is 5. The van der Waals surface area contributed by atoms with Crippen molar-refractivity contribution in [2.75, 3.05) is 32.7 Å². The molecule has 0 unspecified atom stereocenters. The first-order chi connectivity index (χ1) is 9.03. The minimum absolute atomic E-state index is 0.0978. The van der Waals surface area contributed by atoms with Gasteiger partial charge in [-0.05, 0) is 12.2 Å². The molecule has 0 radical (unpaired) electrons. The van der Waals surface area contributed by atoms with E-state index in [0.29, 0.717) is 22.2 Å². The number of benzene rings is 1. The van der Waals surface area contributed by atoms with Crippen molar-refractivity contribution in [1.82, 2.24) is 5.01 Å². The van der Waals surface area contributed by atoms with E-state index in [2.05, 4.69) is 5.32 Å². The molecular formula is C11H16ClN3O3S. The van der Waals surface area contributed by atoms with Crippen LogP contribution in [-0.4, -0.2) is 42.6 Å². The number of rotatable bonds is 5. The third-order valence-electron chi connectivity index (χ3n) is 2.32. The molecule has 4 N–H and O–H groups in total. The summed E-state index contributed by atoms with van der Waals surface area (Å²) in [5.74, 6) is 6.63. The van der Waals surface area contributed by atoms with Crippen molar-refractivity contribution >= 4 is 34.6 Å². The molecule has 0 bridgehead atoms. The molecule has 1 rings (SSSR count). The second-order valence-corrected chi connectivity index (χ2v) is 4.33. The average Bonchev–Trinajstić information content (AvgIpc) is 2.40. The summed E-state index contributed by atoms with van der Waals surface area (Å²) >= 11 is 11.1. The molecule has 6 nitrogen and oxygen atoms in total. The van der Waals surface area contributed by atoms with Crippen molar-refractivity contribution in [1.29, 1.82) is 0 Å². The quantitative estimate of drug-likeness (QED) is 0.429. The van der Waals surface area contributed by atoms with E-state index in [-0.39, 0.29) is 18.3 Å². The van der Waals surface area contributed by atoms with Crippen LogP contribution in [-0.2, 0) is 0 Å². The summed E-state index contributed by atoms with van der Waals surface area (Å²) in [6.07, 6.45) is 0. The average molecular weight is 306 g/mol. The molecule has 0 atom stereocenters. The van der Waals surface area contributed by atoms with Crippen LogP contribution in [0, 0.1) is 0 Å². The Kier molecular flexibility index (Phi) is 6.10. The smallest absolute Gasteiger partial charge is 0.187 e. The second kappa shape index (κ2) is 7.34. The molecule has 0 spiro atoms. The van der Waals surface area contributed by atoms with Gasteiger partial charge in [0.05, 0.1) is 38.1 Å². The van der Waals surface area contributed by atoms with Crippen molar-refractivity contribution in [2.45, 2.75) is 0 Å². The predicted octanol–water partition coefficient (Wildman–Crippen LogP) is 1.22. The monoisotopic (exact) mass is 305 g/mol. The van der Waals surface area contributed by atoms with Crippen LogP contribution < -0.4 is 20.6 Å². The zero-order chi connectivity index (χ0) is 14.4. The van der Waals surface area contributed by atoms with Crippen LogP contribution in [0.2, 0.25) is 5.02 Å². The number of hydrazine groups is 1. The molecule has 0 saturated carbocycles. The summed E-state index contributed by atoms with van der Waals surface area (Å²) in [5, 5.41) is 13.6. The lowest BCUT2D eigenvalue weighted by atomic mass is 10.2. The highest BCUT2D eigenvalue weighted by molar-refractivity contribution is 7.80. The van der Waals surface area contributed by atoms with Gasteiger partial charge in [0.2, 0.25) is 0 Å². The highest BCUT2D eigenvalue weighted by Gasteiger charge is 2.12. The molecule has 0 amide bonds. The summed E-state index contributed by atoms with van der Waals surface area (Å²) in [7, 11) is 3.02. The van der Waals surface area contributed by atoms with E-state index in [1.54, 1.807) is 12.1 Å². The van der Waals surface area contributed by atoms with Crippen molar-refractivity contribution in [3.8, 4) is 11.5 Å². The second-order valence-electron chi connectivity index (χ2n) is 3.53. The Morgan fingerprint density at radius 3 is 2.58 bits per heavy atom. The Morgan fingerprint density at radius 2 is 2.05 bits per heavy atom. The molecular weight excluding hydrogens is 290 g/mol. The summed E-state index contributed by atoms with van der Waals surface area (Å²) in [6, 6.07) is 3.26. The topological polar surface area (TPSA) is 80.0 Å². The van der Waals surface area contributed by atoms with Gasteiger partial charge in [0.15, 0.2) is 5.11 Å². The molecule has 19 heavy (non-hydrogen) atoms. The number of ether oxygens (including phenoxy) is 2. The molecule has 0 fully saturated rings. The van der Waals surface area contributed by atoms with Crippen LogP contribution in [0.4, 0.5) is 5.69 Å². The first-order valence-corrected chi connectivity index (χ1v) is 6.17. The molecule has 0 aromatic heterocycles. The van der Waals surface area contributed by atoms with Crippen molar-refractivity contribution in [2.24, 2.45) is 5.84 Å². The maximum atomic E-state index is 8.80. The van der Waals surface area contributed by atoms with Crippen LogP contribution >= 0.6 is 23.8 Å². The summed E-state index contributed by atoms with van der Waals surface area (Å²) < 4.78 is 10.3. The van der Waals surface area contributed by atoms with Crippen molar-refractivity contribution in [3.63, 3.8) is 0 Å². The number of nitrogens with one attached hydrogen (secondary N) is 1. The van der Waals surface area contributed by atoms with E-state index in [0.717, 1.165) is 0 Å². The predicted molar refractivity (Wildman–Crippen MR) is 78.8 cm³/mol. The van der Waals surface area contributed by atoms with E-state index in [1.807, 2.05) is 0 Å². The van der Waals surface area contributed by atoms with Gasteiger partial charge < -0.3 is 19.9 Å². The zero-order valence-electron chi connectivity index (χ0n) is 10.6. The number of aliphatic hydroxyl groups excluding tert-OH is 1. The molecule has 1 aromatic rings. The molecule has 106 valence electrons. The largest absolute Gasteiger partial charge is 0.495 e. The van der Waals surface area contributed by atoms with E-state index >= 15 is 0 Å². The van der Waals surface area contributed by atoms with Gasteiger partial charge in [-0.15, -0.1) is 0 Å².